The molecule has 1 unspecified atom stereocenters. The van der Waals surface area contributed by atoms with Crippen LogP contribution in [0.3, 0.4) is 0 Å². The van der Waals surface area contributed by atoms with Gasteiger partial charge >= 0.3 is 0 Å². The third kappa shape index (κ3) is 4.08. The van der Waals surface area contributed by atoms with E-state index in [1.54, 1.807) is 0 Å². The zero-order valence-corrected chi connectivity index (χ0v) is 14.6. The van der Waals surface area contributed by atoms with Crippen LogP contribution in [-0.4, -0.2) is 32.6 Å². The van der Waals surface area contributed by atoms with Crippen LogP contribution in [0.15, 0.2) is 12.3 Å². The largest absolute Gasteiger partial charge is 0.297 e. The van der Waals surface area contributed by atoms with Crippen LogP contribution in [0.5, 0.6) is 0 Å². The van der Waals surface area contributed by atoms with Gasteiger partial charge < -0.3 is 0 Å². The molecule has 2 heterocycles. The summed E-state index contributed by atoms with van der Waals surface area (Å²) in [6.45, 7) is 10.2. The summed E-state index contributed by atoms with van der Waals surface area (Å²) >= 11 is 3.72. The van der Waals surface area contributed by atoms with Gasteiger partial charge in [-0.2, -0.15) is 5.10 Å². The molecule has 1 saturated heterocycles. The van der Waals surface area contributed by atoms with Gasteiger partial charge in [-0.05, 0) is 50.8 Å². The Morgan fingerprint density at radius 2 is 1.95 bits per heavy atom. The summed E-state index contributed by atoms with van der Waals surface area (Å²) in [4.78, 5) is 3.20. The molecule has 0 aromatic carbocycles. The first-order valence-corrected chi connectivity index (χ1v) is 8.96. The summed E-state index contributed by atoms with van der Waals surface area (Å²) in [5, 5.41) is 4.77. The highest BCUT2D eigenvalue weighted by molar-refractivity contribution is 9.09. The van der Waals surface area contributed by atoms with E-state index in [1.165, 1.54) is 31.6 Å². The highest BCUT2D eigenvalue weighted by Crippen LogP contribution is 2.25. The smallest absolute Gasteiger partial charge is 0.0764 e. The summed E-state index contributed by atoms with van der Waals surface area (Å²) in [5.41, 5.74) is 1.22. The van der Waals surface area contributed by atoms with Crippen molar-refractivity contribution in [1.29, 1.82) is 0 Å². The number of alkyl halides is 1. The van der Waals surface area contributed by atoms with E-state index in [1.807, 2.05) is 0 Å². The lowest BCUT2D eigenvalue weighted by atomic mass is 9.94. The Bertz CT molecular complexity index is 390. The lowest BCUT2D eigenvalue weighted by molar-refractivity contribution is 0.176. The van der Waals surface area contributed by atoms with Crippen LogP contribution in [0.25, 0.3) is 0 Å². The van der Waals surface area contributed by atoms with E-state index < -0.39 is 0 Å². The highest BCUT2D eigenvalue weighted by atomic mass is 79.9. The summed E-state index contributed by atoms with van der Waals surface area (Å²) in [6.07, 6.45) is 7.08. The molecule has 0 N–H and O–H groups in total. The molecular formula is C16H28BrN3. The fraction of sp³-hybridized carbons (Fsp3) is 0.812. The minimum atomic E-state index is 0.559. The zero-order chi connectivity index (χ0) is 14.5. The first-order valence-electron chi connectivity index (χ1n) is 8.04. The van der Waals surface area contributed by atoms with Crippen LogP contribution in [0.2, 0.25) is 0 Å². The second kappa shape index (κ2) is 7.60. The van der Waals surface area contributed by atoms with Crippen molar-refractivity contribution in [3.05, 3.63) is 18.0 Å². The van der Waals surface area contributed by atoms with E-state index in [-0.39, 0.29) is 0 Å². The maximum atomic E-state index is 4.77. The number of piperidine rings is 1. The number of aromatic nitrogens is 2. The average molecular weight is 342 g/mol. The van der Waals surface area contributed by atoms with E-state index in [9.17, 15) is 0 Å². The highest BCUT2D eigenvalue weighted by Gasteiger charge is 2.22. The zero-order valence-electron chi connectivity index (χ0n) is 13.1. The van der Waals surface area contributed by atoms with Gasteiger partial charge in [-0.15, -0.1) is 0 Å². The van der Waals surface area contributed by atoms with E-state index in [2.05, 4.69) is 58.5 Å². The molecule has 1 atom stereocenters. The Morgan fingerprint density at radius 3 is 2.50 bits per heavy atom. The van der Waals surface area contributed by atoms with Gasteiger partial charge in [0, 0.05) is 17.6 Å². The van der Waals surface area contributed by atoms with Crippen LogP contribution in [-0.2, 0) is 6.54 Å². The fourth-order valence-corrected chi connectivity index (χ4v) is 3.66. The minimum absolute atomic E-state index is 0.559. The quantitative estimate of drug-likeness (QED) is 0.721. The lowest BCUT2D eigenvalue weighted by Gasteiger charge is -2.32. The molecule has 20 heavy (non-hydrogen) atoms. The number of hydrogen-bond acceptors (Lipinski definition) is 2. The molecule has 3 nitrogen and oxygen atoms in total. The summed E-state index contributed by atoms with van der Waals surface area (Å²) in [7, 11) is 0. The summed E-state index contributed by atoms with van der Waals surface area (Å²) in [6, 6.07) is 2.75. The van der Waals surface area contributed by atoms with Gasteiger partial charge in [-0.1, -0.05) is 36.7 Å². The summed E-state index contributed by atoms with van der Waals surface area (Å²) in [5.74, 6) is 0.841. The molecule has 0 radical (unpaired) electrons. The monoisotopic (exact) mass is 341 g/mol. The second-order valence-electron chi connectivity index (χ2n) is 6.05. The van der Waals surface area contributed by atoms with Gasteiger partial charge in [0.2, 0.25) is 0 Å². The van der Waals surface area contributed by atoms with Crippen LogP contribution in [0.4, 0.5) is 0 Å². The third-order valence-corrected chi connectivity index (χ3v) is 5.40. The Hall–Kier alpha value is -0.350. The van der Waals surface area contributed by atoms with Crippen LogP contribution < -0.4 is 0 Å². The van der Waals surface area contributed by atoms with Crippen molar-refractivity contribution in [3.63, 3.8) is 0 Å². The third-order valence-electron chi connectivity index (χ3n) is 4.65. The SMILES string of the molecule is CCC(CC)n1ccc(CN2CCC(C(C)Br)CC2)n1. The molecule has 1 aliphatic heterocycles. The number of halogens is 1. The van der Waals surface area contributed by atoms with Gasteiger partial charge in [-0.3, -0.25) is 9.58 Å². The molecular weight excluding hydrogens is 314 g/mol. The Labute approximate surface area is 131 Å². The molecule has 1 aromatic rings. The van der Waals surface area contributed by atoms with Gasteiger partial charge in [0.05, 0.1) is 11.7 Å². The Morgan fingerprint density at radius 1 is 1.30 bits per heavy atom. The molecule has 0 aliphatic carbocycles. The molecule has 2 rings (SSSR count). The van der Waals surface area contributed by atoms with Gasteiger partial charge in [-0.25, -0.2) is 0 Å². The predicted molar refractivity (Wildman–Crippen MR) is 88.2 cm³/mol. The van der Waals surface area contributed by atoms with Crippen molar-refractivity contribution in [3.8, 4) is 0 Å². The maximum absolute atomic E-state index is 4.77. The first kappa shape index (κ1) is 16.0. The number of hydrogen-bond donors (Lipinski definition) is 0. The van der Waals surface area contributed by atoms with Crippen molar-refractivity contribution >= 4 is 15.9 Å². The van der Waals surface area contributed by atoms with E-state index in [0.29, 0.717) is 10.9 Å². The number of nitrogens with zero attached hydrogens (tertiary/aromatic N) is 3. The molecule has 1 aromatic heterocycles. The molecule has 0 saturated carbocycles. The van der Waals surface area contributed by atoms with Crippen molar-refractivity contribution in [1.82, 2.24) is 14.7 Å². The van der Waals surface area contributed by atoms with E-state index in [4.69, 9.17) is 5.10 Å². The topological polar surface area (TPSA) is 21.1 Å². The standard InChI is InChI=1S/C16H28BrN3/c1-4-16(5-2)20-11-8-15(18-20)12-19-9-6-14(7-10-19)13(3)17/h8,11,13-14,16H,4-7,9-10,12H2,1-3H3. The first-order chi connectivity index (χ1) is 9.63. The molecule has 1 fully saturated rings. The molecule has 1 aliphatic rings. The molecule has 0 bridgehead atoms. The maximum Gasteiger partial charge on any atom is 0.0764 e. The summed E-state index contributed by atoms with van der Waals surface area (Å²) < 4.78 is 2.16. The molecule has 4 heteroatoms. The second-order valence-corrected chi connectivity index (χ2v) is 7.49. The van der Waals surface area contributed by atoms with Crippen molar-refractivity contribution in [2.75, 3.05) is 13.1 Å². The molecule has 0 spiro atoms. The van der Waals surface area contributed by atoms with E-state index in [0.717, 1.165) is 25.3 Å². The Balaban J connectivity index is 1.85. The van der Waals surface area contributed by atoms with Gasteiger partial charge in [0.1, 0.15) is 0 Å². The van der Waals surface area contributed by atoms with Crippen LogP contribution in [0.1, 0.15) is 58.2 Å². The normalized spacial score (nSPS) is 19.6. The van der Waals surface area contributed by atoms with Crippen molar-refractivity contribution < 1.29 is 0 Å². The molecule has 0 amide bonds. The van der Waals surface area contributed by atoms with Crippen LogP contribution in [0, 0.1) is 5.92 Å². The lowest BCUT2D eigenvalue weighted by Crippen LogP contribution is -2.35. The number of likely N-dealkylation sites (tertiary alicyclic amines) is 1. The molecule has 114 valence electrons. The number of rotatable bonds is 6. The van der Waals surface area contributed by atoms with Crippen molar-refractivity contribution in [2.45, 2.75) is 63.9 Å². The van der Waals surface area contributed by atoms with Gasteiger partial charge in [0.15, 0.2) is 0 Å². The fourth-order valence-electron chi connectivity index (χ4n) is 3.13. The van der Waals surface area contributed by atoms with Gasteiger partial charge in [0.25, 0.3) is 0 Å². The predicted octanol–water partition coefficient (Wildman–Crippen LogP) is 4.24. The van der Waals surface area contributed by atoms with Crippen LogP contribution >= 0.6 is 15.9 Å². The minimum Gasteiger partial charge on any atom is -0.297 e. The Kier molecular flexibility index (Phi) is 6.09. The average Bonchev–Trinajstić information content (AvgIpc) is 2.89. The van der Waals surface area contributed by atoms with Crippen molar-refractivity contribution in [2.24, 2.45) is 5.92 Å². The van der Waals surface area contributed by atoms with E-state index >= 15 is 0 Å².